The van der Waals surface area contributed by atoms with E-state index in [4.69, 9.17) is 0 Å². The molecule has 2 aromatic carbocycles. The second-order valence-corrected chi connectivity index (χ2v) is 7.27. The minimum Gasteiger partial charge on any atom is -0.368 e. The van der Waals surface area contributed by atoms with Crippen LogP contribution in [0.4, 0.5) is 5.69 Å². The number of nitrogens with zero attached hydrogens (tertiary/aromatic N) is 3. The summed E-state index contributed by atoms with van der Waals surface area (Å²) in [5.41, 5.74) is 3.03. The van der Waals surface area contributed by atoms with Gasteiger partial charge in [0.25, 0.3) is 0 Å². The van der Waals surface area contributed by atoms with E-state index in [1.165, 1.54) is 5.69 Å². The van der Waals surface area contributed by atoms with Gasteiger partial charge in [0.2, 0.25) is 11.8 Å². The van der Waals surface area contributed by atoms with E-state index >= 15 is 0 Å². The molecule has 3 aromatic rings. The van der Waals surface area contributed by atoms with Crippen molar-refractivity contribution < 1.29 is 9.59 Å². The molecule has 1 aliphatic rings. The van der Waals surface area contributed by atoms with E-state index in [1.807, 2.05) is 41.3 Å². The molecular formula is C22H25N5O2. The van der Waals surface area contributed by atoms with Crippen molar-refractivity contribution in [3.63, 3.8) is 0 Å². The highest BCUT2D eigenvalue weighted by molar-refractivity contribution is 5.83. The Kier molecular flexibility index (Phi) is 5.74. The van der Waals surface area contributed by atoms with Crippen LogP contribution in [0.5, 0.6) is 0 Å². The zero-order chi connectivity index (χ0) is 20.1. The lowest BCUT2D eigenvalue weighted by atomic mass is 10.1. The van der Waals surface area contributed by atoms with Gasteiger partial charge in [-0.25, -0.2) is 0 Å². The third kappa shape index (κ3) is 4.74. The van der Waals surface area contributed by atoms with Crippen LogP contribution in [-0.2, 0) is 16.0 Å². The average Bonchev–Trinajstić information content (AvgIpc) is 3.22. The third-order valence-corrected chi connectivity index (χ3v) is 5.29. The number of H-pyrrole nitrogens is 1. The van der Waals surface area contributed by atoms with E-state index in [0.717, 1.165) is 29.6 Å². The molecule has 0 spiro atoms. The number of carbonyl (C=O) groups excluding carboxylic acids is 2. The molecule has 0 bridgehead atoms. The summed E-state index contributed by atoms with van der Waals surface area (Å²) in [6.45, 7) is 3.46. The van der Waals surface area contributed by atoms with Crippen LogP contribution < -0.4 is 10.2 Å². The molecule has 1 fully saturated rings. The number of fused-ring (bicyclic) bond motifs is 1. The summed E-state index contributed by atoms with van der Waals surface area (Å²) in [6, 6.07) is 16.1. The number of benzene rings is 2. The summed E-state index contributed by atoms with van der Waals surface area (Å²) < 4.78 is 0. The van der Waals surface area contributed by atoms with Gasteiger partial charge in [-0.05, 0) is 23.8 Å². The van der Waals surface area contributed by atoms with E-state index in [2.05, 4.69) is 32.5 Å². The lowest BCUT2D eigenvalue weighted by molar-refractivity contribution is -0.131. The summed E-state index contributed by atoms with van der Waals surface area (Å²) in [6.07, 6.45) is 2.38. The van der Waals surface area contributed by atoms with Gasteiger partial charge in [-0.15, -0.1) is 0 Å². The maximum atomic E-state index is 12.4. The molecule has 0 aliphatic carbocycles. The summed E-state index contributed by atoms with van der Waals surface area (Å²) in [5, 5.41) is 10.8. The van der Waals surface area contributed by atoms with Gasteiger partial charge in [-0.2, -0.15) is 5.10 Å². The molecule has 29 heavy (non-hydrogen) atoms. The van der Waals surface area contributed by atoms with Crippen LogP contribution in [-0.4, -0.2) is 59.6 Å². The quantitative estimate of drug-likeness (QED) is 0.673. The number of carbonyl (C=O) groups is 2. The number of hydrogen-bond donors (Lipinski definition) is 2. The Balaban J connectivity index is 1.18. The van der Waals surface area contributed by atoms with Gasteiger partial charge >= 0.3 is 0 Å². The van der Waals surface area contributed by atoms with Crippen molar-refractivity contribution in [3.8, 4) is 0 Å². The number of piperazine rings is 1. The predicted octanol–water partition coefficient (Wildman–Crippen LogP) is 1.96. The van der Waals surface area contributed by atoms with Crippen molar-refractivity contribution in [2.45, 2.75) is 12.8 Å². The monoisotopic (exact) mass is 391 g/mol. The van der Waals surface area contributed by atoms with Crippen LogP contribution in [0, 0.1) is 0 Å². The Hall–Kier alpha value is -3.35. The first-order chi connectivity index (χ1) is 14.2. The maximum absolute atomic E-state index is 12.4. The van der Waals surface area contributed by atoms with Crippen molar-refractivity contribution in [2.24, 2.45) is 0 Å². The zero-order valence-electron chi connectivity index (χ0n) is 16.3. The van der Waals surface area contributed by atoms with Crippen LogP contribution in [0.25, 0.3) is 10.9 Å². The summed E-state index contributed by atoms with van der Waals surface area (Å²) >= 11 is 0. The van der Waals surface area contributed by atoms with Gasteiger partial charge in [-0.1, -0.05) is 30.3 Å². The number of nitrogens with one attached hydrogen (secondary N) is 2. The second-order valence-electron chi connectivity index (χ2n) is 7.27. The van der Waals surface area contributed by atoms with Gasteiger partial charge in [0.15, 0.2) is 0 Å². The summed E-state index contributed by atoms with van der Waals surface area (Å²) in [5.74, 6) is 0.0162. The predicted molar refractivity (Wildman–Crippen MR) is 113 cm³/mol. The number of rotatable bonds is 6. The van der Waals surface area contributed by atoms with Crippen LogP contribution in [0.1, 0.15) is 12.0 Å². The minimum atomic E-state index is -0.0782. The van der Waals surface area contributed by atoms with Crippen LogP contribution >= 0.6 is 0 Å². The van der Waals surface area contributed by atoms with Crippen LogP contribution in [0.2, 0.25) is 0 Å². The molecule has 7 nitrogen and oxygen atoms in total. The molecule has 1 saturated heterocycles. The Morgan fingerprint density at radius 2 is 1.83 bits per heavy atom. The van der Waals surface area contributed by atoms with Gasteiger partial charge in [0, 0.05) is 50.2 Å². The number of aromatic nitrogens is 2. The number of hydrogen-bond acceptors (Lipinski definition) is 4. The van der Waals surface area contributed by atoms with Crippen molar-refractivity contribution in [1.29, 1.82) is 0 Å². The Morgan fingerprint density at radius 1 is 1.03 bits per heavy atom. The zero-order valence-corrected chi connectivity index (χ0v) is 16.3. The normalized spacial score (nSPS) is 14.2. The molecule has 4 rings (SSSR count). The van der Waals surface area contributed by atoms with Crippen molar-refractivity contribution in [3.05, 3.63) is 60.3 Å². The van der Waals surface area contributed by atoms with E-state index in [0.29, 0.717) is 32.5 Å². The van der Waals surface area contributed by atoms with E-state index < -0.39 is 0 Å². The highest BCUT2D eigenvalue weighted by Crippen LogP contribution is 2.16. The number of amides is 2. The standard InChI is InChI=1S/C22H25N5O2/c28-21(15-17-6-7-18-16-24-25-20(18)14-17)23-9-8-22(29)27-12-10-26(11-13-27)19-4-2-1-3-5-19/h1-7,14,16H,8-13,15H2,(H,23,28)(H,24,25). The van der Waals surface area contributed by atoms with E-state index in [-0.39, 0.29) is 11.8 Å². The van der Waals surface area contributed by atoms with Gasteiger partial charge in [0.05, 0.1) is 18.1 Å². The Labute approximate surface area is 169 Å². The topological polar surface area (TPSA) is 81.3 Å². The fraction of sp³-hybridized carbons (Fsp3) is 0.318. The molecule has 1 aromatic heterocycles. The summed E-state index contributed by atoms with van der Waals surface area (Å²) in [7, 11) is 0. The SMILES string of the molecule is O=C(Cc1ccc2cn[nH]c2c1)NCCC(=O)N1CCN(c2ccccc2)CC1. The van der Waals surface area contributed by atoms with Crippen molar-refractivity contribution in [2.75, 3.05) is 37.6 Å². The molecule has 0 unspecified atom stereocenters. The highest BCUT2D eigenvalue weighted by atomic mass is 16.2. The van der Waals surface area contributed by atoms with Crippen LogP contribution in [0.15, 0.2) is 54.7 Å². The lowest BCUT2D eigenvalue weighted by Crippen LogP contribution is -2.49. The van der Waals surface area contributed by atoms with Crippen LogP contribution in [0.3, 0.4) is 0 Å². The lowest BCUT2D eigenvalue weighted by Gasteiger charge is -2.36. The van der Waals surface area contributed by atoms with Gasteiger partial charge in [-0.3, -0.25) is 14.7 Å². The first-order valence-corrected chi connectivity index (χ1v) is 9.95. The average molecular weight is 391 g/mol. The molecule has 1 aliphatic heterocycles. The molecule has 0 saturated carbocycles. The molecule has 0 radical (unpaired) electrons. The largest absolute Gasteiger partial charge is 0.368 e. The van der Waals surface area contributed by atoms with E-state index in [9.17, 15) is 9.59 Å². The number of aromatic amines is 1. The fourth-order valence-corrected chi connectivity index (χ4v) is 3.66. The maximum Gasteiger partial charge on any atom is 0.224 e. The molecule has 150 valence electrons. The number of anilines is 1. The van der Waals surface area contributed by atoms with Gasteiger partial charge in [0.1, 0.15) is 0 Å². The smallest absolute Gasteiger partial charge is 0.224 e. The van der Waals surface area contributed by atoms with Crippen molar-refractivity contribution in [1.82, 2.24) is 20.4 Å². The Morgan fingerprint density at radius 3 is 2.62 bits per heavy atom. The molecule has 2 N–H and O–H groups in total. The van der Waals surface area contributed by atoms with Crippen molar-refractivity contribution >= 4 is 28.4 Å². The molecule has 2 heterocycles. The molecule has 0 atom stereocenters. The second kappa shape index (κ2) is 8.77. The first-order valence-electron chi connectivity index (χ1n) is 9.95. The molecule has 2 amide bonds. The van der Waals surface area contributed by atoms with E-state index in [1.54, 1.807) is 6.20 Å². The summed E-state index contributed by atoms with van der Waals surface area (Å²) in [4.78, 5) is 28.8. The third-order valence-electron chi connectivity index (χ3n) is 5.29. The Bertz CT molecular complexity index is 977. The fourth-order valence-electron chi connectivity index (χ4n) is 3.66. The highest BCUT2D eigenvalue weighted by Gasteiger charge is 2.21. The molecular weight excluding hydrogens is 366 g/mol. The first kappa shape index (κ1) is 19.0. The number of para-hydroxylation sites is 1. The van der Waals surface area contributed by atoms with Gasteiger partial charge < -0.3 is 15.1 Å². The minimum absolute atomic E-state index is 0.0782. The molecule has 7 heteroatoms.